The van der Waals surface area contributed by atoms with E-state index in [2.05, 4.69) is 5.18 Å². The molecular formula is C19H17Cl2NO3S. The zero-order valence-electron chi connectivity index (χ0n) is 14.2. The first-order valence-electron chi connectivity index (χ1n) is 7.85. The third kappa shape index (κ3) is 5.59. The first kappa shape index (κ1) is 20.5. The van der Waals surface area contributed by atoms with E-state index >= 15 is 0 Å². The van der Waals surface area contributed by atoms with Crippen molar-refractivity contribution in [3.05, 3.63) is 63.0 Å². The van der Waals surface area contributed by atoms with Gasteiger partial charge in [0.05, 0.1) is 16.7 Å². The maximum Gasteiger partial charge on any atom is 0.330 e. The second-order valence-corrected chi connectivity index (χ2v) is 7.64. The van der Waals surface area contributed by atoms with Crippen LogP contribution in [-0.4, -0.2) is 12.6 Å². The number of hydrogen-bond donors (Lipinski definition) is 0. The van der Waals surface area contributed by atoms with Crippen LogP contribution < -0.4 is 0 Å². The van der Waals surface area contributed by atoms with E-state index in [1.165, 1.54) is 17.8 Å². The van der Waals surface area contributed by atoms with E-state index in [4.69, 9.17) is 27.9 Å². The Kier molecular flexibility index (Phi) is 7.69. The number of hydrogen-bond acceptors (Lipinski definition) is 5. The van der Waals surface area contributed by atoms with Crippen molar-refractivity contribution < 1.29 is 9.53 Å². The Morgan fingerprint density at radius 1 is 1.15 bits per heavy atom. The highest BCUT2D eigenvalue weighted by molar-refractivity contribution is 7.99. The van der Waals surface area contributed by atoms with Crippen LogP contribution in [0.3, 0.4) is 0 Å². The van der Waals surface area contributed by atoms with Crippen LogP contribution >= 0.6 is 35.0 Å². The van der Waals surface area contributed by atoms with Crippen molar-refractivity contribution in [3.8, 4) is 0 Å². The molecule has 0 N–H and O–H groups in total. The highest BCUT2D eigenvalue weighted by Gasteiger charge is 2.12. The fourth-order valence-corrected chi connectivity index (χ4v) is 3.44. The van der Waals surface area contributed by atoms with Gasteiger partial charge in [-0.3, -0.25) is 0 Å². The molecular weight excluding hydrogens is 393 g/mol. The van der Waals surface area contributed by atoms with Crippen LogP contribution in [0.4, 0.5) is 5.69 Å². The lowest BCUT2D eigenvalue weighted by Crippen LogP contribution is -2.06. The van der Waals surface area contributed by atoms with Gasteiger partial charge in [-0.05, 0) is 40.9 Å². The molecule has 136 valence electrons. The van der Waals surface area contributed by atoms with Crippen LogP contribution in [0.1, 0.15) is 19.4 Å². The summed E-state index contributed by atoms with van der Waals surface area (Å²) >= 11 is 14.0. The molecule has 0 radical (unpaired) electrons. The second kappa shape index (κ2) is 9.76. The topological polar surface area (TPSA) is 55.7 Å². The quantitative estimate of drug-likeness (QED) is 0.288. The third-order valence-electron chi connectivity index (χ3n) is 3.22. The van der Waals surface area contributed by atoms with Gasteiger partial charge in [-0.1, -0.05) is 67.0 Å². The standard InChI is InChI=1S/C19H17Cl2NO3S/c1-12(2)11-25-17(23)10-8-13-7-9-16(19(21)18(13)20)26-15-6-4-3-5-14(15)22-24/h3-10,12H,11H2,1-2H3/b10-8+. The number of carbonyl (C=O) groups is 1. The molecule has 0 aliphatic carbocycles. The van der Waals surface area contributed by atoms with Crippen molar-refractivity contribution in [2.24, 2.45) is 11.1 Å². The Hall–Kier alpha value is -1.82. The molecule has 0 amide bonds. The zero-order valence-corrected chi connectivity index (χ0v) is 16.6. The third-order valence-corrected chi connectivity index (χ3v) is 5.35. The van der Waals surface area contributed by atoms with Crippen molar-refractivity contribution in [2.45, 2.75) is 23.6 Å². The van der Waals surface area contributed by atoms with E-state index in [-0.39, 0.29) is 5.92 Å². The van der Waals surface area contributed by atoms with E-state index in [0.29, 0.717) is 37.7 Å². The molecule has 7 heteroatoms. The summed E-state index contributed by atoms with van der Waals surface area (Å²) in [5, 5.41) is 3.67. The Labute approximate surface area is 166 Å². The molecule has 2 aromatic rings. The molecule has 0 aliphatic rings. The molecule has 0 fully saturated rings. The van der Waals surface area contributed by atoms with Gasteiger partial charge < -0.3 is 4.74 Å². The zero-order chi connectivity index (χ0) is 19.1. The molecule has 0 aliphatic heterocycles. The summed E-state index contributed by atoms with van der Waals surface area (Å²) in [4.78, 5) is 23.9. The van der Waals surface area contributed by atoms with Crippen LogP contribution in [0.15, 0.2) is 57.4 Å². The minimum absolute atomic E-state index is 0.269. The van der Waals surface area contributed by atoms with Crippen LogP contribution in [0.2, 0.25) is 10.0 Å². The van der Waals surface area contributed by atoms with Gasteiger partial charge in [-0.2, -0.15) is 0 Å². The van der Waals surface area contributed by atoms with Crippen molar-refractivity contribution in [1.29, 1.82) is 0 Å². The molecule has 2 rings (SSSR count). The maximum atomic E-state index is 11.7. The molecule has 0 saturated carbocycles. The van der Waals surface area contributed by atoms with Crippen LogP contribution in [0.5, 0.6) is 0 Å². The number of nitroso groups, excluding NO2 is 1. The van der Waals surface area contributed by atoms with E-state index in [1.807, 2.05) is 19.9 Å². The summed E-state index contributed by atoms with van der Waals surface area (Å²) in [6.07, 6.45) is 2.88. The van der Waals surface area contributed by atoms with Crippen LogP contribution in [0.25, 0.3) is 6.08 Å². The molecule has 0 unspecified atom stereocenters. The average Bonchev–Trinajstić information content (AvgIpc) is 2.63. The summed E-state index contributed by atoms with van der Waals surface area (Å²) in [5.41, 5.74) is 0.936. The van der Waals surface area contributed by atoms with Crippen molar-refractivity contribution in [1.82, 2.24) is 0 Å². The fraction of sp³-hybridized carbons (Fsp3) is 0.211. The number of nitrogens with zero attached hydrogens (tertiary/aromatic N) is 1. The molecule has 0 aromatic heterocycles. The second-order valence-electron chi connectivity index (χ2n) is 5.80. The molecule has 26 heavy (non-hydrogen) atoms. The normalized spacial score (nSPS) is 11.1. The number of rotatable bonds is 7. The SMILES string of the molecule is CC(C)COC(=O)/C=C/c1ccc(Sc2ccccc2N=O)c(Cl)c1Cl. The van der Waals surface area contributed by atoms with Gasteiger partial charge in [0.15, 0.2) is 0 Å². The number of esters is 1. The predicted molar refractivity (Wildman–Crippen MR) is 107 cm³/mol. The highest BCUT2D eigenvalue weighted by Crippen LogP contribution is 2.42. The Morgan fingerprint density at radius 2 is 1.88 bits per heavy atom. The highest BCUT2D eigenvalue weighted by atomic mass is 35.5. The summed E-state index contributed by atoms with van der Waals surface area (Å²) in [5.74, 6) is -0.166. The van der Waals surface area contributed by atoms with Gasteiger partial charge in [0, 0.05) is 15.9 Å². The van der Waals surface area contributed by atoms with E-state index in [0.717, 1.165) is 0 Å². The van der Waals surface area contributed by atoms with Gasteiger partial charge in [-0.15, -0.1) is 4.91 Å². The minimum Gasteiger partial charge on any atom is -0.462 e. The molecule has 0 atom stereocenters. The first-order chi connectivity index (χ1) is 12.4. The minimum atomic E-state index is -0.435. The molecule has 0 saturated heterocycles. The summed E-state index contributed by atoms with van der Waals surface area (Å²) in [6.45, 7) is 4.28. The average molecular weight is 410 g/mol. The van der Waals surface area contributed by atoms with Gasteiger partial charge in [0.2, 0.25) is 0 Å². The molecule has 0 heterocycles. The molecule has 4 nitrogen and oxygen atoms in total. The monoisotopic (exact) mass is 409 g/mol. The smallest absolute Gasteiger partial charge is 0.330 e. The van der Waals surface area contributed by atoms with Crippen molar-refractivity contribution in [2.75, 3.05) is 6.61 Å². The van der Waals surface area contributed by atoms with Gasteiger partial charge in [-0.25, -0.2) is 4.79 Å². The molecule has 0 bridgehead atoms. The largest absolute Gasteiger partial charge is 0.462 e. The number of halogens is 2. The summed E-state index contributed by atoms with van der Waals surface area (Å²) in [6, 6.07) is 10.5. The Balaban J connectivity index is 2.17. The van der Waals surface area contributed by atoms with Gasteiger partial charge >= 0.3 is 5.97 Å². The van der Waals surface area contributed by atoms with Gasteiger partial charge in [0.25, 0.3) is 0 Å². The van der Waals surface area contributed by atoms with E-state index in [9.17, 15) is 9.70 Å². The van der Waals surface area contributed by atoms with Crippen molar-refractivity contribution >= 4 is 52.7 Å². The Morgan fingerprint density at radius 3 is 2.58 bits per heavy atom. The van der Waals surface area contributed by atoms with Crippen LogP contribution in [0, 0.1) is 10.8 Å². The fourth-order valence-electron chi connectivity index (χ4n) is 1.95. The first-order valence-corrected chi connectivity index (χ1v) is 9.42. The lowest BCUT2D eigenvalue weighted by atomic mass is 10.2. The van der Waals surface area contributed by atoms with Gasteiger partial charge in [0.1, 0.15) is 5.69 Å². The molecule has 0 spiro atoms. The van der Waals surface area contributed by atoms with E-state index in [1.54, 1.807) is 36.4 Å². The number of ether oxygens (including phenoxy) is 1. The lowest BCUT2D eigenvalue weighted by Gasteiger charge is -2.09. The number of carbonyl (C=O) groups excluding carboxylic acids is 1. The maximum absolute atomic E-state index is 11.7. The lowest BCUT2D eigenvalue weighted by molar-refractivity contribution is -0.138. The predicted octanol–water partition coefficient (Wildman–Crippen LogP) is 6.75. The Bertz CT molecular complexity index is 838. The summed E-state index contributed by atoms with van der Waals surface area (Å²) in [7, 11) is 0. The molecule has 2 aromatic carbocycles. The van der Waals surface area contributed by atoms with E-state index < -0.39 is 5.97 Å². The van der Waals surface area contributed by atoms with Crippen molar-refractivity contribution in [3.63, 3.8) is 0 Å². The summed E-state index contributed by atoms with van der Waals surface area (Å²) < 4.78 is 5.08. The number of benzene rings is 2. The van der Waals surface area contributed by atoms with Crippen LogP contribution in [-0.2, 0) is 9.53 Å².